The van der Waals surface area contributed by atoms with Crippen LogP contribution in [0.5, 0.6) is 0 Å². The third-order valence-corrected chi connectivity index (χ3v) is 2.01. The predicted molar refractivity (Wildman–Crippen MR) is 48.3 cm³/mol. The molecule has 0 saturated heterocycles. The lowest BCUT2D eigenvalue weighted by molar-refractivity contribution is -0.141. The van der Waals surface area contributed by atoms with Gasteiger partial charge >= 0.3 is 5.97 Å². The van der Waals surface area contributed by atoms with Crippen LogP contribution in [0, 0.1) is 5.92 Å². The Kier molecular flexibility index (Phi) is 3.49. The summed E-state index contributed by atoms with van der Waals surface area (Å²) >= 11 is 0. The largest absolute Gasteiger partial charge is 0.481 e. The van der Waals surface area contributed by atoms with E-state index in [1.807, 2.05) is 16.9 Å². The zero-order valence-corrected chi connectivity index (χ0v) is 7.68. The van der Waals surface area contributed by atoms with Gasteiger partial charge < -0.3 is 5.11 Å². The van der Waals surface area contributed by atoms with E-state index < -0.39 is 5.97 Å². The van der Waals surface area contributed by atoms with Crippen LogP contribution in [-0.4, -0.2) is 20.9 Å². The van der Waals surface area contributed by atoms with Crippen LogP contribution in [-0.2, 0) is 11.3 Å². The monoisotopic (exact) mass is 182 g/mol. The molecule has 1 N–H and O–H groups in total. The molecule has 13 heavy (non-hydrogen) atoms. The van der Waals surface area contributed by atoms with Gasteiger partial charge in [-0.05, 0) is 18.9 Å². The molecule has 1 heterocycles. The first-order valence-electron chi connectivity index (χ1n) is 4.40. The van der Waals surface area contributed by atoms with Crippen LogP contribution in [0.2, 0.25) is 0 Å². The molecule has 0 fully saturated rings. The molecule has 0 aliphatic carbocycles. The number of carboxylic acids is 1. The van der Waals surface area contributed by atoms with E-state index in [2.05, 4.69) is 5.10 Å². The van der Waals surface area contributed by atoms with Gasteiger partial charge in [0, 0.05) is 18.9 Å². The average Bonchev–Trinajstić information content (AvgIpc) is 2.56. The molecular formula is C9H14N2O2. The Bertz CT molecular complexity index is 257. The number of aromatic nitrogens is 2. The quantitative estimate of drug-likeness (QED) is 0.748. The molecule has 0 amide bonds. The maximum absolute atomic E-state index is 10.5. The van der Waals surface area contributed by atoms with Gasteiger partial charge in [-0.25, -0.2) is 0 Å². The van der Waals surface area contributed by atoms with Gasteiger partial charge in [0.25, 0.3) is 0 Å². The number of carbonyl (C=O) groups is 1. The predicted octanol–water partition coefficient (Wildman–Crippen LogP) is 1.38. The number of rotatable bonds is 5. The Balaban J connectivity index is 2.18. The lowest BCUT2D eigenvalue weighted by Crippen LogP contribution is -2.10. The Hall–Kier alpha value is -1.32. The van der Waals surface area contributed by atoms with Crippen molar-refractivity contribution in [3.8, 4) is 0 Å². The minimum atomic E-state index is -0.722. The van der Waals surface area contributed by atoms with E-state index in [1.54, 1.807) is 13.1 Å². The second-order valence-electron chi connectivity index (χ2n) is 3.15. The highest BCUT2D eigenvalue weighted by Crippen LogP contribution is 2.06. The van der Waals surface area contributed by atoms with Crippen molar-refractivity contribution in [2.75, 3.05) is 0 Å². The van der Waals surface area contributed by atoms with Crippen molar-refractivity contribution in [1.29, 1.82) is 0 Å². The van der Waals surface area contributed by atoms with Gasteiger partial charge in [0.2, 0.25) is 0 Å². The average molecular weight is 182 g/mol. The summed E-state index contributed by atoms with van der Waals surface area (Å²) in [4.78, 5) is 10.5. The van der Waals surface area contributed by atoms with Crippen molar-refractivity contribution in [3.63, 3.8) is 0 Å². The van der Waals surface area contributed by atoms with Crippen LogP contribution >= 0.6 is 0 Å². The van der Waals surface area contributed by atoms with Crippen LogP contribution in [0.4, 0.5) is 0 Å². The van der Waals surface area contributed by atoms with E-state index in [-0.39, 0.29) is 5.92 Å². The fraction of sp³-hybridized carbons (Fsp3) is 0.556. The second kappa shape index (κ2) is 4.64. The minimum Gasteiger partial charge on any atom is -0.481 e. The van der Waals surface area contributed by atoms with Crippen molar-refractivity contribution < 1.29 is 9.90 Å². The molecule has 0 aliphatic rings. The summed E-state index contributed by atoms with van der Waals surface area (Å²) in [5.41, 5.74) is 0. The molecule has 0 spiro atoms. The van der Waals surface area contributed by atoms with E-state index in [1.165, 1.54) is 0 Å². The zero-order valence-electron chi connectivity index (χ0n) is 7.68. The molecule has 0 bridgehead atoms. The van der Waals surface area contributed by atoms with Gasteiger partial charge in [-0.3, -0.25) is 9.48 Å². The minimum absolute atomic E-state index is 0.254. The van der Waals surface area contributed by atoms with Crippen molar-refractivity contribution in [1.82, 2.24) is 9.78 Å². The summed E-state index contributed by atoms with van der Waals surface area (Å²) in [6.45, 7) is 2.52. The maximum atomic E-state index is 10.5. The summed E-state index contributed by atoms with van der Waals surface area (Å²) in [6.07, 6.45) is 5.16. The first kappa shape index (κ1) is 9.77. The summed E-state index contributed by atoms with van der Waals surface area (Å²) < 4.78 is 1.81. The van der Waals surface area contributed by atoms with Crippen LogP contribution in [0.25, 0.3) is 0 Å². The molecule has 0 saturated carbocycles. The van der Waals surface area contributed by atoms with Crippen molar-refractivity contribution in [2.24, 2.45) is 5.92 Å². The van der Waals surface area contributed by atoms with E-state index in [9.17, 15) is 4.79 Å². The molecule has 1 atom stereocenters. The topological polar surface area (TPSA) is 55.1 Å². The van der Waals surface area contributed by atoms with Gasteiger partial charge in [-0.2, -0.15) is 5.10 Å². The fourth-order valence-corrected chi connectivity index (χ4v) is 1.12. The SMILES string of the molecule is CC(CCCn1cccn1)C(=O)O. The van der Waals surface area contributed by atoms with Gasteiger partial charge in [0.1, 0.15) is 0 Å². The Labute approximate surface area is 77.2 Å². The van der Waals surface area contributed by atoms with E-state index >= 15 is 0 Å². The smallest absolute Gasteiger partial charge is 0.306 e. The van der Waals surface area contributed by atoms with E-state index in [4.69, 9.17) is 5.11 Å². The van der Waals surface area contributed by atoms with Gasteiger partial charge in [-0.15, -0.1) is 0 Å². The summed E-state index contributed by atoms with van der Waals surface area (Å²) in [6, 6.07) is 1.86. The normalized spacial score (nSPS) is 12.7. The standard InChI is InChI=1S/C9H14N2O2/c1-8(9(12)13)4-2-6-11-7-3-5-10-11/h3,5,7-8H,2,4,6H2,1H3,(H,12,13). The Morgan fingerprint density at radius 3 is 3.00 bits per heavy atom. The fourth-order valence-electron chi connectivity index (χ4n) is 1.12. The molecule has 1 rings (SSSR count). The lowest BCUT2D eigenvalue weighted by atomic mass is 10.1. The van der Waals surface area contributed by atoms with Gasteiger partial charge in [-0.1, -0.05) is 6.92 Å². The molecule has 4 nitrogen and oxygen atoms in total. The van der Waals surface area contributed by atoms with Crippen LogP contribution in [0.3, 0.4) is 0 Å². The highest BCUT2D eigenvalue weighted by molar-refractivity contribution is 5.69. The molecule has 72 valence electrons. The number of aliphatic carboxylic acids is 1. The highest BCUT2D eigenvalue weighted by atomic mass is 16.4. The molecule has 1 unspecified atom stereocenters. The molecule has 1 aromatic heterocycles. The third kappa shape index (κ3) is 3.27. The Morgan fingerprint density at radius 1 is 1.69 bits per heavy atom. The zero-order chi connectivity index (χ0) is 9.68. The number of aryl methyl sites for hydroxylation is 1. The van der Waals surface area contributed by atoms with Crippen LogP contribution in [0.15, 0.2) is 18.5 Å². The molecule has 0 radical (unpaired) electrons. The van der Waals surface area contributed by atoms with E-state index in [0.717, 1.165) is 13.0 Å². The summed E-state index contributed by atoms with van der Waals surface area (Å²) in [5, 5.41) is 12.6. The van der Waals surface area contributed by atoms with Gasteiger partial charge in [0.05, 0.1) is 5.92 Å². The first-order chi connectivity index (χ1) is 6.20. The van der Waals surface area contributed by atoms with Crippen LogP contribution in [0.1, 0.15) is 19.8 Å². The molecule has 4 heteroatoms. The number of hydrogen-bond donors (Lipinski definition) is 1. The second-order valence-corrected chi connectivity index (χ2v) is 3.15. The molecule has 0 aromatic carbocycles. The van der Waals surface area contributed by atoms with E-state index in [0.29, 0.717) is 6.42 Å². The van der Waals surface area contributed by atoms with Crippen molar-refractivity contribution in [3.05, 3.63) is 18.5 Å². The number of carboxylic acid groups (broad SMARTS) is 1. The summed E-state index contributed by atoms with van der Waals surface area (Å²) in [5.74, 6) is -0.976. The molecule has 0 aliphatic heterocycles. The number of hydrogen-bond acceptors (Lipinski definition) is 2. The molecular weight excluding hydrogens is 168 g/mol. The highest BCUT2D eigenvalue weighted by Gasteiger charge is 2.09. The van der Waals surface area contributed by atoms with Gasteiger partial charge in [0.15, 0.2) is 0 Å². The van der Waals surface area contributed by atoms with Crippen LogP contribution < -0.4 is 0 Å². The molecule has 1 aromatic rings. The lowest BCUT2D eigenvalue weighted by Gasteiger charge is -2.05. The van der Waals surface area contributed by atoms with Crippen molar-refractivity contribution >= 4 is 5.97 Å². The third-order valence-electron chi connectivity index (χ3n) is 2.01. The first-order valence-corrected chi connectivity index (χ1v) is 4.40. The van der Waals surface area contributed by atoms with Crippen molar-refractivity contribution in [2.45, 2.75) is 26.3 Å². The maximum Gasteiger partial charge on any atom is 0.306 e. The Morgan fingerprint density at radius 2 is 2.46 bits per heavy atom. The number of nitrogens with zero attached hydrogens (tertiary/aromatic N) is 2. The summed E-state index contributed by atoms with van der Waals surface area (Å²) in [7, 11) is 0.